The summed E-state index contributed by atoms with van der Waals surface area (Å²) in [6, 6.07) is 9.36. The Hall–Kier alpha value is -2.79. The van der Waals surface area contributed by atoms with Gasteiger partial charge in [0.2, 0.25) is 21.8 Å². The van der Waals surface area contributed by atoms with E-state index < -0.39 is 46.2 Å². The van der Waals surface area contributed by atoms with Gasteiger partial charge < -0.3 is 10.2 Å². The summed E-state index contributed by atoms with van der Waals surface area (Å²) in [6.07, 6.45) is -2.99. The van der Waals surface area contributed by atoms with Crippen LogP contribution in [0.25, 0.3) is 0 Å². The van der Waals surface area contributed by atoms with Gasteiger partial charge in [0.05, 0.1) is 17.5 Å². The summed E-state index contributed by atoms with van der Waals surface area (Å²) in [6.45, 7) is 3.15. The normalized spacial score (nSPS) is 12.6. The number of hydrogen-bond acceptors (Lipinski definition) is 4. The number of sulfonamides is 1. The molecule has 0 bridgehead atoms. The van der Waals surface area contributed by atoms with Gasteiger partial charge in [0, 0.05) is 18.1 Å². The Kier molecular flexibility index (Phi) is 10.2. The molecule has 0 fully saturated rings. The summed E-state index contributed by atoms with van der Waals surface area (Å²) in [5.74, 6) is -1.15. The fourth-order valence-electron chi connectivity index (χ4n) is 3.52. The van der Waals surface area contributed by atoms with Gasteiger partial charge >= 0.3 is 6.18 Å². The molecule has 36 heavy (non-hydrogen) atoms. The first-order valence-corrected chi connectivity index (χ1v) is 13.5. The maximum absolute atomic E-state index is 13.5. The van der Waals surface area contributed by atoms with E-state index >= 15 is 0 Å². The van der Waals surface area contributed by atoms with Crippen molar-refractivity contribution in [3.05, 3.63) is 64.7 Å². The van der Waals surface area contributed by atoms with Gasteiger partial charge in [0.15, 0.2) is 0 Å². The highest BCUT2D eigenvalue weighted by atomic mass is 35.5. The number of halogens is 4. The molecule has 2 amide bonds. The van der Waals surface area contributed by atoms with Gasteiger partial charge in [-0.2, -0.15) is 13.2 Å². The molecule has 0 saturated carbocycles. The fraction of sp³-hybridized carbons (Fsp3) is 0.417. The minimum Gasteiger partial charge on any atom is -0.354 e. The van der Waals surface area contributed by atoms with Crippen molar-refractivity contribution in [3.8, 4) is 0 Å². The molecular formula is C24H29ClF3N3O4S. The Morgan fingerprint density at radius 3 is 2.25 bits per heavy atom. The van der Waals surface area contributed by atoms with Gasteiger partial charge in [-0.1, -0.05) is 43.6 Å². The number of carbonyl (C=O) groups excluding carboxylic acids is 2. The average molecular weight is 548 g/mol. The largest absolute Gasteiger partial charge is 0.416 e. The van der Waals surface area contributed by atoms with Crippen LogP contribution in [-0.2, 0) is 32.3 Å². The predicted molar refractivity (Wildman–Crippen MR) is 133 cm³/mol. The lowest BCUT2D eigenvalue weighted by molar-refractivity contribution is -0.140. The van der Waals surface area contributed by atoms with Crippen molar-refractivity contribution in [2.45, 2.75) is 45.5 Å². The lowest BCUT2D eigenvalue weighted by Gasteiger charge is -2.33. The van der Waals surface area contributed by atoms with E-state index in [4.69, 9.17) is 11.6 Å². The van der Waals surface area contributed by atoms with Crippen molar-refractivity contribution in [3.63, 3.8) is 0 Å². The van der Waals surface area contributed by atoms with Crippen molar-refractivity contribution in [1.82, 2.24) is 10.2 Å². The standard InChI is InChI=1S/C24H29ClF3N3O4S/c1-4-13-29-23(33)21(5-2)30(15-17-9-11-19(25)12-10-17)22(32)16-31(36(3,34)35)20-8-6-7-18(14-20)24(26,27)28/h6-12,14,21H,4-5,13,15-16H2,1-3H3,(H,29,33)/t21-/m1/s1. The summed E-state index contributed by atoms with van der Waals surface area (Å²) >= 11 is 5.94. The predicted octanol–water partition coefficient (Wildman–Crippen LogP) is 4.46. The molecule has 0 saturated heterocycles. The van der Waals surface area contributed by atoms with E-state index in [-0.39, 0.29) is 18.7 Å². The summed E-state index contributed by atoms with van der Waals surface area (Å²) in [7, 11) is -4.15. The lowest BCUT2D eigenvalue weighted by atomic mass is 10.1. The number of hydrogen-bond donors (Lipinski definition) is 1. The molecule has 0 aliphatic heterocycles. The number of nitrogens with zero attached hydrogens (tertiary/aromatic N) is 2. The van der Waals surface area contributed by atoms with Crippen molar-refractivity contribution in [2.24, 2.45) is 0 Å². The SMILES string of the molecule is CCCNC(=O)[C@@H](CC)N(Cc1ccc(Cl)cc1)C(=O)CN(c1cccc(C(F)(F)F)c1)S(C)(=O)=O. The highest BCUT2D eigenvalue weighted by Gasteiger charge is 2.34. The van der Waals surface area contributed by atoms with Crippen LogP contribution in [0.2, 0.25) is 5.02 Å². The Morgan fingerprint density at radius 2 is 1.72 bits per heavy atom. The molecule has 7 nitrogen and oxygen atoms in total. The van der Waals surface area contributed by atoms with Crippen LogP contribution < -0.4 is 9.62 Å². The molecular weight excluding hydrogens is 519 g/mol. The smallest absolute Gasteiger partial charge is 0.354 e. The van der Waals surface area contributed by atoms with Gasteiger partial charge in [0.25, 0.3) is 0 Å². The molecule has 198 valence electrons. The molecule has 0 unspecified atom stereocenters. The zero-order valence-corrected chi connectivity index (χ0v) is 21.8. The second-order valence-corrected chi connectivity index (χ2v) is 10.5. The van der Waals surface area contributed by atoms with E-state index in [0.717, 1.165) is 18.4 Å². The number of rotatable bonds is 11. The molecule has 2 aromatic rings. The van der Waals surface area contributed by atoms with Crippen LogP contribution in [0.1, 0.15) is 37.8 Å². The molecule has 0 aliphatic carbocycles. The van der Waals surface area contributed by atoms with Gasteiger partial charge in [-0.15, -0.1) is 0 Å². The summed E-state index contributed by atoms with van der Waals surface area (Å²) in [4.78, 5) is 27.6. The van der Waals surface area contributed by atoms with Crippen LogP contribution in [0.3, 0.4) is 0 Å². The first kappa shape index (κ1) is 29.4. The molecule has 1 atom stereocenters. The Balaban J connectivity index is 2.46. The zero-order chi connectivity index (χ0) is 27.1. The minimum absolute atomic E-state index is 0.0335. The van der Waals surface area contributed by atoms with Gasteiger partial charge in [-0.25, -0.2) is 8.42 Å². The van der Waals surface area contributed by atoms with Gasteiger partial charge in [0.1, 0.15) is 12.6 Å². The summed E-state index contributed by atoms with van der Waals surface area (Å²) in [5.41, 5.74) is -0.723. The van der Waals surface area contributed by atoms with E-state index in [9.17, 15) is 31.2 Å². The number of anilines is 1. The van der Waals surface area contributed by atoms with E-state index in [1.807, 2.05) is 6.92 Å². The maximum Gasteiger partial charge on any atom is 0.416 e. The minimum atomic E-state index is -4.70. The summed E-state index contributed by atoms with van der Waals surface area (Å²) in [5, 5.41) is 3.21. The number of benzene rings is 2. The molecule has 0 heterocycles. The molecule has 0 aliphatic rings. The lowest BCUT2D eigenvalue weighted by Crippen LogP contribution is -2.52. The van der Waals surface area contributed by atoms with E-state index in [1.54, 1.807) is 31.2 Å². The van der Waals surface area contributed by atoms with Crippen molar-refractivity contribution in [1.29, 1.82) is 0 Å². The fourth-order valence-corrected chi connectivity index (χ4v) is 4.49. The van der Waals surface area contributed by atoms with Gasteiger partial charge in [-0.3, -0.25) is 13.9 Å². The molecule has 1 N–H and O–H groups in total. The number of carbonyl (C=O) groups is 2. The number of alkyl halides is 3. The third-order valence-corrected chi connectivity index (χ3v) is 6.73. The monoisotopic (exact) mass is 547 g/mol. The Bertz CT molecular complexity index is 1160. The van der Waals surface area contributed by atoms with Crippen molar-refractivity contribution in [2.75, 3.05) is 23.7 Å². The highest BCUT2D eigenvalue weighted by molar-refractivity contribution is 7.92. The molecule has 12 heteroatoms. The first-order chi connectivity index (χ1) is 16.8. The highest BCUT2D eigenvalue weighted by Crippen LogP contribution is 2.32. The molecule has 2 rings (SSSR count). The van der Waals surface area contributed by atoms with Crippen LogP contribution in [0.4, 0.5) is 18.9 Å². The quantitative estimate of drug-likeness (QED) is 0.450. The average Bonchev–Trinajstić information content (AvgIpc) is 2.80. The van der Waals surface area contributed by atoms with Crippen LogP contribution in [0.15, 0.2) is 48.5 Å². The number of nitrogens with one attached hydrogen (secondary N) is 1. The number of amides is 2. The molecule has 0 spiro atoms. The van der Waals surface area contributed by atoms with E-state index in [0.29, 0.717) is 33.9 Å². The molecule has 0 aromatic heterocycles. The van der Waals surface area contributed by atoms with E-state index in [2.05, 4.69) is 5.32 Å². The van der Waals surface area contributed by atoms with Crippen molar-refractivity contribution < 1.29 is 31.2 Å². The Morgan fingerprint density at radius 1 is 1.08 bits per heavy atom. The van der Waals surface area contributed by atoms with Crippen LogP contribution >= 0.6 is 11.6 Å². The molecule has 2 aromatic carbocycles. The third kappa shape index (κ3) is 8.12. The van der Waals surface area contributed by atoms with E-state index in [1.165, 1.54) is 11.0 Å². The third-order valence-electron chi connectivity index (χ3n) is 5.34. The first-order valence-electron chi connectivity index (χ1n) is 11.2. The van der Waals surface area contributed by atoms with Crippen LogP contribution in [0.5, 0.6) is 0 Å². The molecule has 0 radical (unpaired) electrons. The van der Waals surface area contributed by atoms with Crippen LogP contribution in [-0.4, -0.2) is 50.5 Å². The van der Waals surface area contributed by atoms with Crippen LogP contribution in [0, 0.1) is 0 Å². The summed E-state index contributed by atoms with van der Waals surface area (Å²) < 4.78 is 65.4. The maximum atomic E-state index is 13.5. The Labute approximate surface area is 214 Å². The second-order valence-electron chi connectivity index (χ2n) is 8.18. The van der Waals surface area contributed by atoms with Crippen molar-refractivity contribution >= 4 is 39.1 Å². The second kappa shape index (κ2) is 12.4. The van der Waals surface area contributed by atoms with Gasteiger partial charge in [-0.05, 0) is 48.7 Å². The zero-order valence-electron chi connectivity index (χ0n) is 20.2. The topological polar surface area (TPSA) is 86.8 Å².